The lowest BCUT2D eigenvalue weighted by Gasteiger charge is -2.11. The van der Waals surface area contributed by atoms with Crippen LogP contribution in [0.1, 0.15) is 38.9 Å². The first kappa shape index (κ1) is 10.3. The van der Waals surface area contributed by atoms with Crippen molar-refractivity contribution in [3.05, 3.63) is 18.4 Å². The predicted octanol–water partition coefficient (Wildman–Crippen LogP) is 2.34. The van der Waals surface area contributed by atoms with Gasteiger partial charge < -0.3 is 9.73 Å². The minimum absolute atomic E-state index is 0.560. The van der Waals surface area contributed by atoms with Gasteiger partial charge in [0.15, 0.2) is 6.39 Å². The fourth-order valence-electron chi connectivity index (χ4n) is 1.22. The molecule has 0 saturated heterocycles. The highest BCUT2D eigenvalue weighted by Gasteiger charge is 2.01. The molecule has 0 saturated carbocycles. The van der Waals surface area contributed by atoms with Crippen LogP contribution in [0.15, 0.2) is 17.0 Å². The van der Waals surface area contributed by atoms with E-state index < -0.39 is 0 Å². The molecule has 0 aliphatic heterocycles. The molecule has 74 valence electrons. The molecule has 13 heavy (non-hydrogen) atoms. The van der Waals surface area contributed by atoms with Gasteiger partial charge in [-0.05, 0) is 13.3 Å². The molecule has 1 aromatic rings. The smallest absolute Gasteiger partial charge is 0.180 e. The maximum Gasteiger partial charge on any atom is 0.180 e. The zero-order valence-corrected chi connectivity index (χ0v) is 8.42. The van der Waals surface area contributed by atoms with Gasteiger partial charge in [-0.15, -0.1) is 0 Å². The van der Waals surface area contributed by atoms with Crippen molar-refractivity contribution in [1.82, 2.24) is 10.3 Å². The molecule has 1 aromatic heterocycles. The Morgan fingerprint density at radius 2 is 2.46 bits per heavy atom. The number of nitrogens with one attached hydrogen (secondary N) is 1. The van der Waals surface area contributed by atoms with E-state index >= 15 is 0 Å². The second-order valence-corrected chi connectivity index (χ2v) is 3.39. The fourth-order valence-corrected chi connectivity index (χ4v) is 1.22. The molecule has 3 nitrogen and oxygen atoms in total. The van der Waals surface area contributed by atoms with Gasteiger partial charge in [0.05, 0.1) is 12.7 Å². The normalized spacial score (nSPS) is 13.1. The summed E-state index contributed by atoms with van der Waals surface area (Å²) < 4.78 is 5.11. The molecule has 1 N–H and O–H groups in total. The van der Waals surface area contributed by atoms with E-state index in [1.165, 1.54) is 25.7 Å². The molecular weight excluding hydrogens is 164 g/mol. The highest BCUT2D eigenvalue weighted by molar-refractivity contribution is 4.87. The Morgan fingerprint density at radius 1 is 1.62 bits per heavy atom. The lowest BCUT2D eigenvalue weighted by atomic mass is 10.1. The van der Waals surface area contributed by atoms with Crippen LogP contribution in [0.3, 0.4) is 0 Å². The van der Waals surface area contributed by atoms with Crippen LogP contribution in [0.4, 0.5) is 0 Å². The average Bonchev–Trinajstić information content (AvgIpc) is 2.64. The number of hydrogen-bond donors (Lipinski definition) is 1. The molecule has 0 amide bonds. The van der Waals surface area contributed by atoms with Gasteiger partial charge in [0.1, 0.15) is 5.76 Å². The van der Waals surface area contributed by atoms with E-state index in [4.69, 9.17) is 4.42 Å². The van der Waals surface area contributed by atoms with E-state index in [9.17, 15) is 0 Å². The van der Waals surface area contributed by atoms with Crippen molar-refractivity contribution < 1.29 is 4.42 Å². The fraction of sp³-hybridized carbons (Fsp3) is 0.700. The maximum absolute atomic E-state index is 5.11. The molecule has 0 aliphatic rings. The molecule has 0 bridgehead atoms. The van der Waals surface area contributed by atoms with Crippen LogP contribution in [-0.4, -0.2) is 11.0 Å². The quantitative estimate of drug-likeness (QED) is 0.733. The van der Waals surface area contributed by atoms with Crippen LogP contribution in [0.5, 0.6) is 0 Å². The van der Waals surface area contributed by atoms with Gasteiger partial charge >= 0.3 is 0 Å². The van der Waals surface area contributed by atoms with Crippen molar-refractivity contribution in [3.8, 4) is 0 Å². The van der Waals surface area contributed by atoms with Crippen LogP contribution in [0, 0.1) is 0 Å². The van der Waals surface area contributed by atoms with E-state index in [2.05, 4.69) is 24.1 Å². The molecule has 0 radical (unpaired) electrons. The third-order valence-corrected chi connectivity index (χ3v) is 2.10. The highest BCUT2D eigenvalue weighted by Crippen LogP contribution is 2.01. The third-order valence-electron chi connectivity index (χ3n) is 2.10. The minimum Gasteiger partial charge on any atom is -0.447 e. The first-order valence-electron chi connectivity index (χ1n) is 4.93. The molecule has 3 heteroatoms. The summed E-state index contributed by atoms with van der Waals surface area (Å²) in [6.07, 6.45) is 6.98. The summed E-state index contributed by atoms with van der Waals surface area (Å²) in [5, 5.41) is 3.39. The lowest BCUT2D eigenvalue weighted by molar-refractivity contribution is 0.435. The minimum atomic E-state index is 0.560. The number of unbranched alkanes of at least 4 members (excludes halogenated alkanes) is 1. The van der Waals surface area contributed by atoms with Gasteiger partial charge in [0, 0.05) is 6.04 Å². The van der Waals surface area contributed by atoms with Crippen LogP contribution in [0.2, 0.25) is 0 Å². The van der Waals surface area contributed by atoms with Crippen LogP contribution in [-0.2, 0) is 6.54 Å². The first-order chi connectivity index (χ1) is 6.33. The average molecular weight is 182 g/mol. The summed E-state index contributed by atoms with van der Waals surface area (Å²) in [4.78, 5) is 3.86. The number of oxazole rings is 1. The topological polar surface area (TPSA) is 38.1 Å². The molecule has 0 spiro atoms. The van der Waals surface area contributed by atoms with Crippen molar-refractivity contribution in [2.45, 2.75) is 45.7 Å². The molecule has 0 aromatic carbocycles. The van der Waals surface area contributed by atoms with Gasteiger partial charge in [-0.2, -0.15) is 0 Å². The molecule has 1 atom stereocenters. The summed E-state index contributed by atoms with van der Waals surface area (Å²) in [6.45, 7) is 5.19. The van der Waals surface area contributed by atoms with E-state index in [-0.39, 0.29) is 0 Å². The molecule has 1 unspecified atom stereocenters. The Bertz CT molecular complexity index is 209. The summed E-state index contributed by atoms with van der Waals surface area (Å²) in [5.41, 5.74) is 0. The molecule has 1 rings (SSSR count). The van der Waals surface area contributed by atoms with Crippen molar-refractivity contribution >= 4 is 0 Å². The lowest BCUT2D eigenvalue weighted by Crippen LogP contribution is -2.24. The van der Waals surface area contributed by atoms with Crippen LogP contribution in [0.25, 0.3) is 0 Å². The Hall–Kier alpha value is -0.830. The summed E-state index contributed by atoms with van der Waals surface area (Å²) in [7, 11) is 0. The third kappa shape index (κ3) is 4.08. The molecule has 0 fully saturated rings. The second-order valence-electron chi connectivity index (χ2n) is 3.39. The number of hydrogen-bond acceptors (Lipinski definition) is 3. The first-order valence-corrected chi connectivity index (χ1v) is 4.93. The Balaban J connectivity index is 2.11. The van der Waals surface area contributed by atoms with E-state index in [1.54, 1.807) is 6.20 Å². The number of rotatable bonds is 6. The van der Waals surface area contributed by atoms with E-state index in [0.29, 0.717) is 6.04 Å². The molecular formula is C10H18N2O. The Morgan fingerprint density at radius 3 is 3.08 bits per heavy atom. The van der Waals surface area contributed by atoms with Gasteiger partial charge in [0.25, 0.3) is 0 Å². The number of nitrogens with zero attached hydrogens (tertiary/aromatic N) is 1. The largest absolute Gasteiger partial charge is 0.447 e. The van der Waals surface area contributed by atoms with Crippen molar-refractivity contribution in [3.63, 3.8) is 0 Å². The Labute approximate surface area is 79.5 Å². The van der Waals surface area contributed by atoms with Crippen molar-refractivity contribution in [1.29, 1.82) is 0 Å². The van der Waals surface area contributed by atoms with Gasteiger partial charge in [-0.3, -0.25) is 0 Å². The summed E-state index contributed by atoms with van der Waals surface area (Å²) in [6, 6.07) is 0.560. The van der Waals surface area contributed by atoms with Gasteiger partial charge in [-0.1, -0.05) is 19.8 Å². The van der Waals surface area contributed by atoms with Crippen molar-refractivity contribution in [2.75, 3.05) is 0 Å². The van der Waals surface area contributed by atoms with Gasteiger partial charge in [0.2, 0.25) is 0 Å². The summed E-state index contributed by atoms with van der Waals surface area (Å²) >= 11 is 0. The second kappa shape index (κ2) is 5.75. The van der Waals surface area contributed by atoms with Gasteiger partial charge in [-0.25, -0.2) is 4.98 Å². The zero-order valence-electron chi connectivity index (χ0n) is 8.42. The van der Waals surface area contributed by atoms with Crippen LogP contribution >= 0.6 is 0 Å². The number of aromatic nitrogens is 1. The highest BCUT2D eigenvalue weighted by atomic mass is 16.3. The summed E-state index contributed by atoms with van der Waals surface area (Å²) in [5.74, 6) is 0.906. The monoisotopic (exact) mass is 182 g/mol. The van der Waals surface area contributed by atoms with Crippen LogP contribution < -0.4 is 5.32 Å². The molecule has 1 heterocycles. The van der Waals surface area contributed by atoms with Crippen molar-refractivity contribution in [2.24, 2.45) is 0 Å². The van der Waals surface area contributed by atoms with E-state index in [1.807, 2.05) is 0 Å². The SMILES string of the molecule is CCCCC(C)NCc1cnco1. The van der Waals surface area contributed by atoms with E-state index in [0.717, 1.165) is 12.3 Å². The molecule has 0 aliphatic carbocycles. The predicted molar refractivity (Wildman–Crippen MR) is 52.3 cm³/mol. The standard InChI is InChI=1S/C10H18N2O/c1-3-4-5-9(2)12-7-10-6-11-8-13-10/h6,8-9,12H,3-5,7H2,1-2H3. The Kier molecular flexibility index (Phi) is 4.54. The zero-order chi connectivity index (χ0) is 9.52. The maximum atomic E-state index is 5.11.